The van der Waals surface area contributed by atoms with Crippen LogP contribution in [-0.4, -0.2) is 70.3 Å². The maximum absolute atomic E-state index is 13.0. The van der Waals surface area contributed by atoms with Crippen molar-refractivity contribution in [2.45, 2.75) is 30.8 Å². The fourth-order valence-electron chi connectivity index (χ4n) is 3.50. The van der Waals surface area contributed by atoms with E-state index >= 15 is 0 Å². The molecule has 0 unspecified atom stereocenters. The zero-order chi connectivity index (χ0) is 22.9. The third kappa shape index (κ3) is 4.63. The van der Waals surface area contributed by atoms with Crippen molar-refractivity contribution in [3.63, 3.8) is 0 Å². The minimum Gasteiger partial charge on any atom is -0.379 e. The number of ether oxygens (including phenoxy) is 1. The molecule has 3 aromatic rings. The summed E-state index contributed by atoms with van der Waals surface area (Å²) in [6.07, 6.45) is 0. The van der Waals surface area contributed by atoms with Crippen LogP contribution in [0.1, 0.15) is 17.0 Å². The summed E-state index contributed by atoms with van der Waals surface area (Å²) >= 11 is 1.24. The van der Waals surface area contributed by atoms with Gasteiger partial charge < -0.3 is 10.1 Å². The van der Waals surface area contributed by atoms with Crippen LogP contribution in [-0.2, 0) is 19.6 Å². The lowest BCUT2D eigenvalue weighted by atomic mass is 10.2. The molecule has 1 aliphatic heterocycles. The summed E-state index contributed by atoms with van der Waals surface area (Å²) in [4.78, 5) is 17.1. The van der Waals surface area contributed by atoms with E-state index in [-0.39, 0.29) is 16.6 Å². The topological polar surface area (TPSA) is 119 Å². The molecular weight excluding hydrogens is 452 g/mol. The van der Waals surface area contributed by atoms with Gasteiger partial charge in [-0.05, 0) is 44.5 Å². The Bertz CT molecular complexity index is 1270. The Morgan fingerprint density at radius 1 is 1.16 bits per heavy atom. The second-order valence-electron chi connectivity index (χ2n) is 7.49. The number of nitrogens with zero attached hydrogens (tertiary/aromatic N) is 5. The van der Waals surface area contributed by atoms with Crippen molar-refractivity contribution in [3.8, 4) is 0 Å². The van der Waals surface area contributed by atoms with Crippen molar-refractivity contribution in [1.82, 2.24) is 23.9 Å². The van der Waals surface area contributed by atoms with E-state index in [1.807, 2.05) is 19.9 Å². The largest absolute Gasteiger partial charge is 0.379 e. The molecule has 1 aromatic carbocycles. The Morgan fingerprint density at radius 3 is 2.66 bits per heavy atom. The van der Waals surface area contributed by atoms with Gasteiger partial charge in [-0.3, -0.25) is 9.20 Å². The first kappa shape index (κ1) is 22.6. The van der Waals surface area contributed by atoms with E-state index < -0.39 is 10.0 Å². The second-order valence-corrected chi connectivity index (χ2v) is 10.3. The van der Waals surface area contributed by atoms with Gasteiger partial charge in [0.05, 0.1) is 23.9 Å². The highest BCUT2D eigenvalue weighted by Crippen LogP contribution is 2.25. The second kappa shape index (κ2) is 9.14. The third-order valence-electron chi connectivity index (χ3n) is 5.06. The van der Waals surface area contributed by atoms with Crippen LogP contribution in [0.3, 0.4) is 0 Å². The quantitative estimate of drug-likeness (QED) is 0.535. The number of carbonyl (C=O) groups is 1. The number of nitrogens with one attached hydrogen (secondary N) is 1. The van der Waals surface area contributed by atoms with Crippen LogP contribution >= 0.6 is 11.8 Å². The molecule has 12 heteroatoms. The maximum atomic E-state index is 13.0. The molecule has 0 spiro atoms. The number of aromatic nitrogens is 4. The van der Waals surface area contributed by atoms with E-state index in [9.17, 15) is 13.2 Å². The molecule has 0 bridgehead atoms. The summed E-state index contributed by atoms with van der Waals surface area (Å²) < 4.78 is 34.5. The summed E-state index contributed by atoms with van der Waals surface area (Å²) in [5.74, 6) is 0.304. The molecule has 0 atom stereocenters. The number of thioether (sulfide) groups is 1. The first-order chi connectivity index (χ1) is 15.3. The van der Waals surface area contributed by atoms with Crippen LogP contribution in [0.4, 0.5) is 5.69 Å². The van der Waals surface area contributed by atoms with Gasteiger partial charge in [-0.25, -0.2) is 13.4 Å². The predicted molar refractivity (Wildman–Crippen MR) is 120 cm³/mol. The highest BCUT2D eigenvalue weighted by atomic mass is 32.2. The fourth-order valence-corrected chi connectivity index (χ4v) is 5.95. The Morgan fingerprint density at radius 2 is 1.91 bits per heavy atom. The van der Waals surface area contributed by atoms with E-state index in [1.54, 1.807) is 23.5 Å². The van der Waals surface area contributed by atoms with Gasteiger partial charge >= 0.3 is 0 Å². The molecule has 3 heterocycles. The van der Waals surface area contributed by atoms with Gasteiger partial charge in [-0.15, -0.1) is 10.2 Å². The number of fused-ring (bicyclic) bond motifs is 1. The summed E-state index contributed by atoms with van der Waals surface area (Å²) in [5.41, 5.74) is 2.82. The van der Waals surface area contributed by atoms with Crippen LogP contribution < -0.4 is 5.32 Å². The lowest BCUT2D eigenvalue weighted by Crippen LogP contribution is -2.40. The molecule has 32 heavy (non-hydrogen) atoms. The summed E-state index contributed by atoms with van der Waals surface area (Å²) in [7, 11) is -3.66. The van der Waals surface area contributed by atoms with Crippen molar-refractivity contribution >= 4 is 39.2 Å². The number of sulfonamides is 1. The van der Waals surface area contributed by atoms with Crippen LogP contribution in [0.2, 0.25) is 0 Å². The van der Waals surface area contributed by atoms with Crippen molar-refractivity contribution in [3.05, 3.63) is 41.2 Å². The lowest BCUT2D eigenvalue weighted by Gasteiger charge is -2.26. The molecule has 1 fully saturated rings. The van der Waals surface area contributed by atoms with Gasteiger partial charge in [-0.2, -0.15) is 4.31 Å². The molecule has 0 aliphatic carbocycles. The normalized spacial score (nSPS) is 15.2. The SMILES string of the molecule is Cc1cc(C)n2c(SCC(=O)Nc3ccc(C)c(S(=O)(=O)N4CCOCC4)c3)nnc2n1. The van der Waals surface area contributed by atoms with Crippen molar-refractivity contribution in [2.75, 3.05) is 37.4 Å². The minimum atomic E-state index is -3.66. The van der Waals surface area contributed by atoms with Crippen LogP contribution in [0.25, 0.3) is 5.78 Å². The molecule has 1 N–H and O–H groups in total. The van der Waals surface area contributed by atoms with Gasteiger partial charge in [0.15, 0.2) is 5.16 Å². The first-order valence-corrected chi connectivity index (χ1v) is 12.5. The van der Waals surface area contributed by atoms with Crippen molar-refractivity contribution in [1.29, 1.82) is 0 Å². The Labute approximate surface area is 190 Å². The van der Waals surface area contributed by atoms with Gasteiger partial charge in [0.2, 0.25) is 15.9 Å². The highest BCUT2D eigenvalue weighted by Gasteiger charge is 2.28. The number of amides is 1. The van der Waals surface area contributed by atoms with E-state index in [0.29, 0.717) is 48.5 Å². The van der Waals surface area contributed by atoms with E-state index in [0.717, 1.165) is 11.4 Å². The number of anilines is 1. The maximum Gasteiger partial charge on any atom is 0.256 e. The summed E-state index contributed by atoms with van der Waals surface area (Å²) in [6.45, 7) is 6.93. The van der Waals surface area contributed by atoms with Crippen LogP contribution in [0, 0.1) is 20.8 Å². The number of hydrogen-bond acceptors (Lipinski definition) is 8. The number of aryl methyl sites for hydroxylation is 3. The zero-order valence-electron chi connectivity index (χ0n) is 18.0. The molecule has 170 valence electrons. The number of morpholine rings is 1. The molecule has 2 aromatic heterocycles. The summed E-state index contributed by atoms with van der Waals surface area (Å²) in [6, 6.07) is 6.81. The summed E-state index contributed by atoms with van der Waals surface area (Å²) in [5, 5.41) is 11.5. The number of hydrogen-bond donors (Lipinski definition) is 1. The monoisotopic (exact) mass is 476 g/mol. The van der Waals surface area contributed by atoms with Gasteiger partial charge in [-0.1, -0.05) is 17.8 Å². The van der Waals surface area contributed by atoms with E-state index in [1.165, 1.54) is 22.1 Å². The van der Waals surface area contributed by atoms with Crippen molar-refractivity contribution in [2.24, 2.45) is 0 Å². The molecule has 10 nitrogen and oxygen atoms in total. The van der Waals surface area contributed by atoms with Gasteiger partial charge in [0.25, 0.3) is 5.78 Å². The molecule has 0 saturated carbocycles. The van der Waals surface area contributed by atoms with Crippen molar-refractivity contribution < 1.29 is 17.9 Å². The first-order valence-electron chi connectivity index (χ1n) is 10.1. The molecule has 1 saturated heterocycles. The average molecular weight is 477 g/mol. The Kier molecular flexibility index (Phi) is 6.47. The zero-order valence-corrected chi connectivity index (χ0v) is 19.7. The van der Waals surface area contributed by atoms with E-state index in [4.69, 9.17) is 4.74 Å². The Balaban J connectivity index is 1.47. The Hall–Kier alpha value is -2.54. The van der Waals surface area contributed by atoms with Crippen LogP contribution in [0.5, 0.6) is 0 Å². The molecule has 1 aliphatic rings. The smallest absolute Gasteiger partial charge is 0.256 e. The molecule has 1 amide bonds. The average Bonchev–Trinajstić information content (AvgIpc) is 3.17. The van der Waals surface area contributed by atoms with Crippen LogP contribution in [0.15, 0.2) is 34.3 Å². The van der Waals surface area contributed by atoms with E-state index in [2.05, 4.69) is 20.5 Å². The highest BCUT2D eigenvalue weighted by molar-refractivity contribution is 7.99. The van der Waals surface area contributed by atoms with Gasteiger partial charge in [0, 0.05) is 30.2 Å². The number of carbonyl (C=O) groups excluding carboxylic acids is 1. The third-order valence-corrected chi connectivity index (χ3v) is 8.02. The van der Waals surface area contributed by atoms with Gasteiger partial charge in [0.1, 0.15) is 0 Å². The predicted octanol–water partition coefficient (Wildman–Crippen LogP) is 1.80. The fraction of sp³-hybridized carbons (Fsp3) is 0.400. The standard InChI is InChI=1S/C20H24N6O4S2/c1-13-4-5-16(11-17(13)32(28,29)25-6-8-30-9-7-25)22-18(27)12-31-20-24-23-19-21-14(2)10-15(3)26(19)20/h4-5,10-11H,6-9,12H2,1-3H3,(H,22,27). The minimum absolute atomic E-state index is 0.0908. The number of rotatable bonds is 6. The molecular formula is C20H24N6O4S2. The molecule has 0 radical (unpaired) electrons. The molecule has 4 rings (SSSR count). The number of benzene rings is 1. The lowest BCUT2D eigenvalue weighted by molar-refractivity contribution is -0.113.